The van der Waals surface area contributed by atoms with E-state index >= 15 is 0 Å². The Hall–Kier alpha value is -1.75. The molecule has 3 N–H and O–H groups in total. The van der Waals surface area contributed by atoms with Gasteiger partial charge in [-0.1, -0.05) is 12.1 Å². The highest BCUT2D eigenvalue weighted by atomic mass is 35.5. The number of nitrogens with one attached hydrogen (secondary N) is 1. The summed E-state index contributed by atoms with van der Waals surface area (Å²) < 4.78 is 4.46. The molecule has 0 aliphatic carbocycles. The molecule has 0 aliphatic heterocycles. The van der Waals surface area contributed by atoms with E-state index in [-0.39, 0.29) is 37.1 Å². The second kappa shape index (κ2) is 8.36. The molecule has 0 aliphatic rings. The fourth-order valence-corrected chi connectivity index (χ4v) is 1.29. The van der Waals surface area contributed by atoms with Gasteiger partial charge in [0.2, 0.25) is 5.91 Å². The number of amides is 1. The maximum atomic E-state index is 11.5. The first-order chi connectivity index (χ1) is 8.11. The van der Waals surface area contributed by atoms with Gasteiger partial charge in [-0.3, -0.25) is 9.59 Å². The Morgan fingerprint density at radius 2 is 1.89 bits per heavy atom. The Kier molecular flexibility index (Phi) is 7.54. The summed E-state index contributed by atoms with van der Waals surface area (Å²) in [6.45, 7) is 0.292. The highest BCUT2D eigenvalue weighted by molar-refractivity contribution is 5.85. The quantitative estimate of drug-likeness (QED) is 0.617. The number of ether oxygens (including phenoxy) is 1. The van der Waals surface area contributed by atoms with Crippen molar-refractivity contribution in [1.29, 1.82) is 0 Å². The number of nitrogens with two attached hydrogens (primary N) is 1. The minimum atomic E-state index is -0.335. The molecule has 0 atom stereocenters. The van der Waals surface area contributed by atoms with Gasteiger partial charge in [0.1, 0.15) is 0 Å². The topological polar surface area (TPSA) is 81.4 Å². The summed E-state index contributed by atoms with van der Waals surface area (Å²) in [6, 6.07) is 7.10. The van der Waals surface area contributed by atoms with Gasteiger partial charge in [0, 0.05) is 12.2 Å². The number of nitrogen functional groups attached to an aromatic ring is 1. The van der Waals surface area contributed by atoms with Gasteiger partial charge < -0.3 is 15.8 Å². The number of hydrogen-bond acceptors (Lipinski definition) is 4. The molecule has 0 spiro atoms. The molecule has 0 heterocycles. The summed E-state index contributed by atoms with van der Waals surface area (Å²) >= 11 is 0. The van der Waals surface area contributed by atoms with Gasteiger partial charge in [-0.2, -0.15) is 0 Å². The van der Waals surface area contributed by atoms with Crippen molar-refractivity contribution in [2.24, 2.45) is 0 Å². The standard InChI is InChI=1S/C12H16N2O3.ClH/c1-17-12(16)6-7-14-11(15)8-9-2-4-10(13)5-3-9;/h2-5H,6-8,13H2,1H3,(H,14,15);1H. The Labute approximate surface area is 112 Å². The number of carbonyl (C=O) groups is 2. The molecular weight excluding hydrogens is 256 g/mol. The van der Waals surface area contributed by atoms with Crippen LogP contribution in [-0.2, 0) is 20.7 Å². The van der Waals surface area contributed by atoms with Gasteiger partial charge in [0.15, 0.2) is 0 Å². The van der Waals surface area contributed by atoms with Crippen molar-refractivity contribution in [3.8, 4) is 0 Å². The first kappa shape index (κ1) is 16.2. The van der Waals surface area contributed by atoms with Crippen LogP contribution in [0.1, 0.15) is 12.0 Å². The van der Waals surface area contributed by atoms with E-state index in [0.717, 1.165) is 5.56 Å². The second-order valence-corrected chi connectivity index (χ2v) is 3.59. The average molecular weight is 273 g/mol. The van der Waals surface area contributed by atoms with E-state index in [1.807, 2.05) is 0 Å². The van der Waals surface area contributed by atoms with Crippen molar-refractivity contribution in [3.05, 3.63) is 29.8 Å². The van der Waals surface area contributed by atoms with Crippen molar-refractivity contribution in [2.75, 3.05) is 19.4 Å². The smallest absolute Gasteiger partial charge is 0.307 e. The summed E-state index contributed by atoms with van der Waals surface area (Å²) in [5.41, 5.74) is 7.08. The molecule has 1 aromatic carbocycles. The first-order valence-electron chi connectivity index (χ1n) is 5.29. The number of methoxy groups -OCH3 is 1. The summed E-state index contributed by atoms with van der Waals surface area (Å²) in [4.78, 5) is 22.3. The van der Waals surface area contributed by atoms with E-state index in [4.69, 9.17) is 5.73 Å². The molecule has 0 bridgehead atoms. The Bertz CT molecular complexity index is 393. The summed E-state index contributed by atoms with van der Waals surface area (Å²) in [7, 11) is 1.32. The van der Waals surface area contributed by atoms with E-state index in [1.54, 1.807) is 24.3 Å². The average Bonchev–Trinajstić information content (AvgIpc) is 2.32. The zero-order valence-electron chi connectivity index (χ0n) is 10.1. The molecule has 0 aromatic heterocycles. The number of hydrogen-bond donors (Lipinski definition) is 2. The number of benzene rings is 1. The van der Waals surface area contributed by atoms with Gasteiger partial charge >= 0.3 is 5.97 Å². The lowest BCUT2D eigenvalue weighted by atomic mass is 10.1. The van der Waals surface area contributed by atoms with E-state index in [0.29, 0.717) is 12.2 Å². The highest BCUT2D eigenvalue weighted by Gasteiger charge is 2.04. The molecule has 0 unspecified atom stereocenters. The summed E-state index contributed by atoms with van der Waals surface area (Å²) in [5.74, 6) is -0.462. The zero-order valence-corrected chi connectivity index (χ0v) is 11.0. The normalized spacial score (nSPS) is 9.17. The monoisotopic (exact) mass is 272 g/mol. The minimum absolute atomic E-state index is 0. The summed E-state index contributed by atoms with van der Waals surface area (Å²) in [6.07, 6.45) is 0.464. The predicted molar refractivity (Wildman–Crippen MR) is 71.4 cm³/mol. The van der Waals surface area contributed by atoms with E-state index < -0.39 is 0 Å². The number of carbonyl (C=O) groups excluding carboxylic acids is 2. The van der Waals surface area contributed by atoms with Crippen molar-refractivity contribution in [3.63, 3.8) is 0 Å². The van der Waals surface area contributed by atoms with Crippen LogP contribution in [-0.4, -0.2) is 25.5 Å². The third kappa shape index (κ3) is 6.10. The second-order valence-electron chi connectivity index (χ2n) is 3.59. The van der Waals surface area contributed by atoms with Crippen molar-refractivity contribution in [2.45, 2.75) is 12.8 Å². The van der Waals surface area contributed by atoms with Crippen LogP contribution in [0.2, 0.25) is 0 Å². The Balaban J connectivity index is 0.00000289. The molecule has 1 amide bonds. The molecule has 100 valence electrons. The van der Waals surface area contributed by atoms with Gasteiger partial charge in [0.05, 0.1) is 20.0 Å². The van der Waals surface area contributed by atoms with Crippen LogP contribution in [0.3, 0.4) is 0 Å². The molecule has 0 saturated heterocycles. The fraction of sp³-hybridized carbons (Fsp3) is 0.333. The predicted octanol–water partition coefficient (Wildman–Crippen LogP) is 0.912. The van der Waals surface area contributed by atoms with E-state index in [9.17, 15) is 9.59 Å². The van der Waals surface area contributed by atoms with Crippen molar-refractivity contribution in [1.82, 2.24) is 5.32 Å². The van der Waals surface area contributed by atoms with Crippen molar-refractivity contribution < 1.29 is 14.3 Å². The third-order valence-corrected chi connectivity index (χ3v) is 2.22. The first-order valence-corrected chi connectivity index (χ1v) is 5.29. The van der Waals surface area contributed by atoms with Gasteiger partial charge in [-0.15, -0.1) is 12.4 Å². The third-order valence-electron chi connectivity index (χ3n) is 2.22. The molecule has 18 heavy (non-hydrogen) atoms. The summed E-state index contributed by atoms with van der Waals surface area (Å²) in [5, 5.41) is 2.64. The highest BCUT2D eigenvalue weighted by Crippen LogP contribution is 2.05. The number of rotatable bonds is 5. The molecular formula is C12H17ClN2O3. The number of esters is 1. The molecule has 1 aromatic rings. The van der Waals surface area contributed by atoms with Crippen LogP contribution in [0.15, 0.2) is 24.3 Å². The van der Waals surface area contributed by atoms with Crippen LogP contribution in [0, 0.1) is 0 Å². The van der Waals surface area contributed by atoms with Crippen LogP contribution < -0.4 is 11.1 Å². The lowest BCUT2D eigenvalue weighted by molar-refractivity contribution is -0.140. The zero-order chi connectivity index (χ0) is 12.7. The van der Waals surface area contributed by atoms with Crippen LogP contribution >= 0.6 is 12.4 Å². The molecule has 5 nitrogen and oxygen atoms in total. The molecule has 0 saturated carbocycles. The molecule has 0 fully saturated rings. The lowest BCUT2D eigenvalue weighted by Crippen LogP contribution is -2.27. The maximum Gasteiger partial charge on any atom is 0.307 e. The van der Waals surface area contributed by atoms with Crippen molar-refractivity contribution >= 4 is 30.0 Å². The van der Waals surface area contributed by atoms with Crippen LogP contribution in [0.4, 0.5) is 5.69 Å². The van der Waals surface area contributed by atoms with Crippen LogP contribution in [0.5, 0.6) is 0 Å². The minimum Gasteiger partial charge on any atom is -0.469 e. The number of halogens is 1. The fourth-order valence-electron chi connectivity index (χ4n) is 1.29. The Morgan fingerprint density at radius 1 is 1.28 bits per heavy atom. The van der Waals surface area contributed by atoms with E-state index in [2.05, 4.69) is 10.1 Å². The van der Waals surface area contributed by atoms with Crippen LogP contribution in [0.25, 0.3) is 0 Å². The Morgan fingerprint density at radius 3 is 2.44 bits per heavy atom. The molecule has 1 rings (SSSR count). The molecule has 6 heteroatoms. The SMILES string of the molecule is COC(=O)CCNC(=O)Cc1ccc(N)cc1.Cl. The van der Waals surface area contributed by atoms with Gasteiger partial charge in [-0.25, -0.2) is 0 Å². The number of anilines is 1. The molecule has 0 radical (unpaired) electrons. The van der Waals surface area contributed by atoms with Gasteiger partial charge in [0.25, 0.3) is 0 Å². The maximum absolute atomic E-state index is 11.5. The van der Waals surface area contributed by atoms with Gasteiger partial charge in [-0.05, 0) is 17.7 Å². The largest absolute Gasteiger partial charge is 0.469 e. The van der Waals surface area contributed by atoms with E-state index in [1.165, 1.54) is 7.11 Å². The lowest BCUT2D eigenvalue weighted by Gasteiger charge is -2.04.